The molecule has 15 heavy (non-hydrogen) atoms. The Kier molecular flexibility index (Phi) is 5.07. The molecule has 1 unspecified atom stereocenters. The van der Waals surface area contributed by atoms with Gasteiger partial charge in [-0.1, -0.05) is 6.92 Å². The molecule has 1 aromatic rings. The molecule has 0 fully saturated rings. The Bertz CT molecular complexity index is 327. The van der Waals surface area contributed by atoms with Gasteiger partial charge in [-0.3, -0.25) is 0 Å². The van der Waals surface area contributed by atoms with E-state index in [2.05, 4.69) is 4.98 Å². The molecule has 1 atom stereocenters. The van der Waals surface area contributed by atoms with Gasteiger partial charge in [-0.05, 0) is 6.42 Å². The normalized spacial score (nSPS) is 12.7. The van der Waals surface area contributed by atoms with Crippen molar-refractivity contribution in [2.75, 3.05) is 6.61 Å². The highest BCUT2D eigenvalue weighted by molar-refractivity contribution is 7.99. The van der Waals surface area contributed by atoms with Crippen molar-refractivity contribution in [2.45, 2.75) is 24.3 Å². The van der Waals surface area contributed by atoms with Gasteiger partial charge in [0.2, 0.25) is 5.01 Å². The number of aromatic carboxylic acids is 1. The molecule has 0 bridgehead atoms. The van der Waals surface area contributed by atoms with Crippen molar-refractivity contribution in [1.82, 2.24) is 4.98 Å². The molecule has 0 aliphatic rings. The summed E-state index contributed by atoms with van der Waals surface area (Å²) in [5.74, 6) is -0.273. The lowest BCUT2D eigenvalue weighted by molar-refractivity contribution is 0.0696. The average Bonchev–Trinajstić information content (AvgIpc) is 2.63. The third kappa shape index (κ3) is 4.19. The van der Waals surface area contributed by atoms with Crippen molar-refractivity contribution >= 4 is 29.1 Å². The monoisotopic (exact) mass is 247 g/mol. The summed E-state index contributed by atoms with van der Waals surface area (Å²) in [6, 6.07) is 0. The van der Waals surface area contributed by atoms with E-state index in [9.17, 15) is 4.79 Å². The van der Waals surface area contributed by atoms with Crippen molar-refractivity contribution in [1.29, 1.82) is 0 Å². The van der Waals surface area contributed by atoms with Gasteiger partial charge in [-0.25, -0.2) is 9.78 Å². The molecule has 4 nitrogen and oxygen atoms in total. The van der Waals surface area contributed by atoms with E-state index < -0.39 is 5.97 Å². The molecule has 1 aromatic heterocycles. The molecule has 0 saturated carbocycles. The fourth-order valence-electron chi connectivity index (χ4n) is 0.964. The van der Waals surface area contributed by atoms with Gasteiger partial charge in [-0.15, -0.1) is 11.3 Å². The topological polar surface area (TPSA) is 70.4 Å². The number of rotatable bonds is 6. The lowest BCUT2D eigenvalue weighted by Gasteiger charge is -2.06. The van der Waals surface area contributed by atoms with E-state index in [1.54, 1.807) is 17.1 Å². The van der Waals surface area contributed by atoms with Crippen molar-refractivity contribution in [3.05, 3.63) is 16.1 Å². The molecule has 0 amide bonds. The first kappa shape index (κ1) is 12.5. The van der Waals surface area contributed by atoms with Crippen molar-refractivity contribution < 1.29 is 15.0 Å². The molecular formula is C9H13NO3S2. The van der Waals surface area contributed by atoms with E-state index >= 15 is 0 Å². The van der Waals surface area contributed by atoms with Gasteiger partial charge in [0.25, 0.3) is 0 Å². The Morgan fingerprint density at radius 1 is 1.73 bits per heavy atom. The second-order valence-electron chi connectivity index (χ2n) is 3.08. The molecule has 84 valence electrons. The molecular weight excluding hydrogens is 234 g/mol. The van der Waals surface area contributed by atoms with Gasteiger partial charge in [0.1, 0.15) is 0 Å². The van der Waals surface area contributed by atoms with Gasteiger partial charge in [0.15, 0.2) is 0 Å². The largest absolute Gasteiger partial charge is 0.476 e. The van der Waals surface area contributed by atoms with Crippen LogP contribution >= 0.6 is 23.1 Å². The number of carboxylic acids is 1. The number of thiazole rings is 1. The van der Waals surface area contributed by atoms with Gasteiger partial charge in [0, 0.05) is 23.0 Å². The van der Waals surface area contributed by atoms with E-state index in [-0.39, 0.29) is 11.6 Å². The van der Waals surface area contributed by atoms with Gasteiger partial charge in [0.05, 0.1) is 5.69 Å². The molecule has 1 rings (SSSR count). The molecule has 6 heteroatoms. The minimum atomic E-state index is -0.973. The Balaban J connectivity index is 2.40. The summed E-state index contributed by atoms with van der Waals surface area (Å²) >= 11 is 2.82. The van der Waals surface area contributed by atoms with Crippen LogP contribution in [0.5, 0.6) is 0 Å². The third-order valence-corrected chi connectivity index (χ3v) is 3.93. The van der Waals surface area contributed by atoms with Crippen molar-refractivity contribution in [3.63, 3.8) is 0 Å². The number of carboxylic acid groups (broad SMARTS) is 1. The summed E-state index contributed by atoms with van der Waals surface area (Å²) in [4.78, 5) is 14.5. The molecule has 0 spiro atoms. The molecule has 0 aliphatic heterocycles. The number of aliphatic hydroxyl groups excluding tert-OH is 1. The van der Waals surface area contributed by atoms with E-state index in [0.717, 1.165) is 23.5 Å². The first-order valence-electron chi connectivity index (χ1n) is 4.53. The summed E-state index contributed by atoms with van der Waals surface area (Å²) in [6.45, 7) is 2.22. The van der Waals surface area contributed by atoms with E-state index in [0.29, 0.717) is 11.0 Å². The third-order valence-electron chi connectivity index (χ3n) is 1.79. The number of hydrogen-bond donors (Lipinski definition) is 2. The zero-order valence-corrected chi connectivity index (χ0v) is 9.98. The summed E-state index contributed by atoms with van der Waals surface area (Å²) in [6.07, 6.45) is 0.751. The van der Waals surface area contributed by atoms with E-state index in [1.165, 1.54) is 0 Å². The Morgan fingerprint density at radius 3 is 3.00 bits per heavy atom. The van der Waals surface area contributed by atoms with Crippen LogP contribution in [0.4, 0.5) is 0 Å². The summed E-state index contributed by atoms with van der Waals surface area (Å²) in [5, 5.41) is 19.6. The number of carbonyl (C=O) groups is 1. The predicted octanol–water partition coefficient (Wildman–Crippen LogP) is 1.85. The minimum Gasteiger partial charge on any atom is -0.476 e. The molecule has 0 aliphatic carbocycles. The summed E-state index contributed by atoms with van der Waals surface area (Å²) < 4.78 is 0. The van der Waals surface area contributed by atoms with Crippen LogP contribution in [0.1, 0.15) is 28.8 Å². The summed E-state index contributed by atoms with van der Waals surface area (Å²) in [7, 11) is 0. The lowest BCUT2D eigenvalue weighted by Crippen LogP contribution is -2.00. The number of aromatic nitrogens is 1. The van der Waals surface area contributed by atoms with Gasteiger partial charge < -0.3 is 10.2 Å². The Labute approximate surface area is 96.4 Å². The smallest absolute Gasteiger partial charge is 0.365 e. The quantitative estimate of drug-likeness (QED) is 0.802. The van der Waals surface area contributed by atoms with Crippen LogP contribution in [0, 0.1) is 0 Å². The lowest BCUT2D eigenvalue weighted by atomic mass is 10.3. The van der Waals surface area contributed by atoms with Gasteiger partial charge >= 0.3 is 5.97 Å². The fourth-order valence-corrected chi connectivity index (χ4v) is 2.60. The summed E-state index contributed by atoms with van der Waals surface area (Å²) in [5.41, 5.74) is 0.798. The highest BCUT2D eigenvalue weighted by atomic mass is 32.2. The number of nitrogens with zero attached hydrogens (tertiary/aromatic N) is 1. The number of hydrogen-bond acceptors (Lipinski definition) is 5. The Morgan fingerprint density at radius 2 is 2.47 bits per heavy atom. The Hall–Kier alpha value is -0.590. The second-order valence-corrected chi connectivity index (χ2v) is 5.37. The number of thioether (sulfide) groups is 1. The average molecular weight is 247 g/mol. The van der Waals surface area contributed by atoms with E-state index in [1.807, 2.05) is 6.92 Å². The van der Waals surface area contributed by atoms with Crippen LogP contribution in [0.25, 0.3) is 0 Å². The first-order chi connectivity index (χ1) is 7.13. The predicted molar refractivity (Wildman–Crippen MR) is 61.5 cm³/mol. The number of aliphatic hydroxyl groups is 1. The highest BCUT2D eigenvalue weighted by Crippen LogP contribution is 2.21. The standard InChI is InChI=1S/C9H13NO3S2/c1-6(2-3-11)14-4-7-5-15-8(10-7)9(12)13/h5-6,11H,2-4H2,1H3,(H,12,13). The van der Waals surface area contributed by atoms with Crippen LogP contribution in [0.3, 0.4) is 0 Å². The maximum absolute atomic E-state index is 10.6. The molecule has 0 saturated heterocycles. The maximum atomic E-state index is 10.6. The highest BCUT2D eigenvalue weighted by Gasteiger charge is 2.10. The maximum Gasteiger partial charge on any atom is 0.365 e. The van der Waals surface area contributed by atoms with Crippen molar-refractivity contribution in [2.24, 2.45) is 0 Å². The van der Waals surface area contributed by atoms with Crippen LogP contribution in [0.15, 0.2) is 5.38 Å². The van der Waals surface area contributed by atoms with Crippen LogP contribution in [0.2, 0.25) is 0 Å². The molecule has 0 aromatic carbocycles. The SMILES string of the molecule is CC(CCO)SCc1csc(C(=O)O)n1. The molecule has 2 N–H and O–H groups in total. The zero-order chi connectivity index (χ0) is 11.3. The van der Waals surface area contributed by atoms with Gasteiger partial charge in [-0.2, -0.15) is 11.8 Å². The second kappa shape index (κ2) is 6.09. The van der Waals surface area contributed by atoms with Crippen molar-refractivity contribution in [3.8, 4) is 0 Å². The fraction of sp³-hybridized carbons (Fsp3) is 0.556. The van der Waals surface area contributed by atoms with E-state index in [4.69, 9.17) is 10.2 Å². The molecule has 1 heterocycles. The van der Waals surface area contributed by atoms with Crippen LogP contribution in [-0.2, 0) is 5.75 Å². The van der Waals surface area contributed by atoms with Crippen LogP contribution < -0.4 is 0 Å². The van der Waals surface area contributed by atoms with Crippen LogP contribution in [-0.4, -0.2) is 33.0 Å². The first-order valence-corrected chi connectivity index (χ1v) is 6.46. The zero-order valence-electron chi connectivity index (χ0n) is 8.34. The molecule has 0 radical (unpaired) electrons. The minimum absolute atomic E-state index is 0.139.